The molecule has 0 bridgehead atoms. The zero-order valence-electron chi connectivity index (χ0n) is 19.7. The van der Waals surface area contributed by atoms with Crippen molar-refractivity contribution in [3.8, 4) is 28.7 Å². The Hall–Kier alpha value is -4.24. The molecule has 3 amide bonds. The van der Waals surface area contributed by atoms with E-state index < -0.39 is 23.6 Å². The number of urea groups is 1. The number of aliphatic hydroxyl groups excluding tert-OH is 1. The van der Waals surface area contributed by atoms with Gasteiger partial charge in [0.25, 0.3) is 5.91 Å². The molecule has 186 valence electrons. The molecule has 0 spiro atoms. The normalized spacial score (nSPS) is 19.6. The lowest BCUT2D eigenvalue weighted by atomic mass is 9.91. The molecule has 2 aliphatic rings. The van der Waals surface area contributed by atoms with Crippen molar-refractivity contribution in [3.63, 3.8) is 0 Å². The number of amides is 3. The monoisotopic (exact) mass is 490 g/mol. The predicted octanol–water partition coefficient (Wildman–Crippen LogP) is 3.46. The summed E-state index contributed by atoms with van der Waals surface area (Å²) in [5.74, 6) is 2.53. The number of para-hydroxylation sites is 1. The molecule has 2 unspecified atom stereocenters. The first-order chi connectivity index (χ1) is 17.4. The van der Waals surface area contributed by atoms with Gasteiger partial charge in [-0.2, -0.15) is 0 Å². The minimum atomic E-state index is -1.29. The number of ether oxygens (including phenoxy) is 4. The van der Waals surface area contributed by atoms with Crippen molar-refractivity contribution in [2.24, 2.45) is 0 Å². The van der Waals surface area contributed by atoms with Crippen molar-refractivity contribution < 1.29 is 33.6 Å². The number of carbonyl (C=O) groups is 2. The quantitative estimate of drug-likeness (QED) is 0.466. The molecule has 2 aliphatic heterocycles. The number of nitrogens with zero attached hydrogens (tertiary/aromatic N) is 1. The van der Waals surface area contributed by atoms with Crippen LogP contribution in [-0.2, 0) is 10.3 Å². The first kappa shape index (κ1) is 23.5. The van der Waals surface area contributed by atoms with Crippen molar-refractivity contribution in [1.29, 1.82) is 0 Å². The number of aliphatic hydroxyl groups is 1. The molecule has 9 nitrogen and oxygen atoms in total. The van der Waals surface area contributed by atoms with Crippen LogP contribution in [0.5, 0.6) is 28.7 Å². The minimum absolute atomic E-state index is 0.101. The van der Waals surface area contributed by atoms with E-state index in [2.05, 4.69) is 5.32 Å². The van der Waals surface area contributed by atoms with Gasteiger partial charge in [0.15, 0.2) is 11.5 Å². The fourth-order valence-electron chi connectivity index (χ4n) is 4.10. The summed E-state index contributed by atoms with van der Waals surface area (Å²) in [5.41, 5.74) is -0.724. The molecule has 0 radical (unpaired) electrons. The molecule has 36 heavy (non-hydrogen) atoms. The van der Waals surface area contributed by atoms with Crippen LogP contribution in [0.15, 0.2) is 72.8 Å². The van der Waals surface area contributed by atoms with E-state index in [-0.39, 0.29) is 13.2 Å². The molecule has 0 saturated carbocycles. The summed E-state index contributed by atoms with van der Waals surface area (Å²) in [6.45, 7) is 2.19. The van der Waals surface area contributed by atoms with Gasteiger partial charge in [-0.15, -0.1) is 0 Å². The molecule has 5 rings (SSSR count). The van der Waals surface area contributed by atoms with Gasteiger partial charge < -0.3 is 29.4 Å². The number of hydrogen-bond acceptors (Lipinski definition) is 7. The molecule has 3 aromatic rings. The molecule has 2 atom stereocenters. The van der Waals surface area contributed by atoms with Gasteiger partial charge in [0.1, 0.15) is 48.7 Å². The van der Waals surface area contributed by atoms with Crippen LogP contribution in [-0.4, -0.2) is 54.4 Å². The largest absolute Gasteiger partial charge is 0.491 e. The molecule has 1 fully saturated rings. The van der Waals surface area contributed by atoms with Crippen molar-refractivity contribution >= 4 is 11.9 Å². The topological polar surface area (TPSA) is 107 Å². The van der Waals surface area contributed by atoms with E-state index in [1.54, 1.807) is 49.4 Å². The van der Waals surface area contributed by atoms with Crippen molar-refractivity contribution in [3.05, 3.63) is 78.4 Å². The molecule has 0 aliphatic carbocycles. The van der Waals surface area contributed by atoms with E-state index in [1.165, 1.54) is 0 Å². The molecule has 3 aromatic carbocycles. The first-order valence-corrected chi connectivity index (χ1v) is 11.6. The molecule has 2 N–H and O–H groups in total. The SMILES string of the molecule is CC1(c2ccc3c(c2)OCCO3)NC(=O)N(CC(O)COc2ccc(Oc3ccccc3)cc2)C1=O. The highest BCUT2D eigenvalue weighted by atomic mass is 16.6. The van der Waals surface area contributed by atoms with Gasteiger partial charge in [-0.25, -0.2) is 4.79 Å². The summed E-state index contributed by atoms with van der Waals surface area (Å²) in [7, 11) is 0. The molecule has 2 heterocycles. The summed E-state index contributed by atoms with van der Waals surface area (Å²) >= 11 is 0. The second-order valence-electron chi connectivity index (χ2n) is 8.68. The van der Waals surface area contributed by atoms with Gasteiger partial charge in [0.05, 0.1) is 6.54 Å². The standard InChI is InChI=1S/C27H26N2O7/c1-27(18-7-12-23-24(15-18)34-14-13-33-23)25(31)29(26(32)28-27)16-19(30)17-35-20-8-10-22(11-9-20)36-21-5-3-2-4-6-21/h2-12,15,19,30H,13-14,16-17H2,1H3,(H,28,32). The number of fused-ring (bicyclic) bond motifs is 1. The summed E-state index contributed by atoms with van der Waals surface area (Å²) in [6, 6.07) is 20.9. The Morgan fingerprint density at radius 3 is 2.36 bits per heavy atom. The van der Waals surface area contributed by atoms with E-state index in [0.29, 0.717) is 41.8 Å². The highest BCUT2D eigenvalue weighted by Gasteiger charge is 2.49. The van der Waals surface area contributed by atoms with E-state index in [0.717, 1.165) is 10.6 Å². The highest BCUT2D eigenvalue weighted by molar-refractivity contribution is 6.07. The van der Waals surface area contributed by atoms with Crippen molar-refractivity contribution in [2.75, 3.05) is 26.4 Å². The van der Waals surface area contributed by atoms with Crippen LogP contribution < -0.4 is 24.3 Å². The smallest absolute Gasteiger partial charge is 0.325 e. The van der Waals surface area contributed by atoms with Gasteiger partial charge in [-0.1, -0.05) is 24.3 Å². The highest BCUT2D eigenvalue weighted by Crippen LogP contribution is 2.37. The van der Waals surface area contributed by atoms with Gasteiger partial charge in [-0.05, 0) is 61.0 Å². The third-order valence-electron chi connectivity index (χ3n) is 6.03. The van der Waals surface area contributed by atoms with Crippen LogP contribution >= 0.6 is 0 Å². The van der Waals surface area contributed by atoms with Crippen LogP contribution in [0.25, 0.3) is 0 Å². The zero-order chi connectivity index (χ0) is 25.1. The van der Waals surface area contributed by atoms with Crippen LogP contribution in [0.1, 0.15) is 12.5 Å². The molecule has 9 heteroatoms. The van der Waals surface area contributed by atoms with Crippen LogP contribution in [0.4, 0.5) is 4.79 Å². The number of hydrogen-bond donors (Lipinski definition) is 2. The van der Waals surface area contributed by atoms with Gasteiger partial charge in [0, 0.05) is 0 Å². The summed E-state index contributed by atoms with van der Waals surface area (Å²) in [4.78, 5) is 26.8. The Bertz CT molecular complexity index is 1250. The number of imide groups is 1. The number of nitrogens with one attached hydrogen (secondary N) is 1. The number of benzene rings is 3. The average molecular weight is 491 g/mol. The van der Waals surface area contributed by atoms with E-state index >= 15 is 0 Å². The molecule has 1 saturated heterocycles. The van der Waals surface area contributed by atoms with E-state index in [9.17, 15) is 14.7 Å². The van der Waals surface area contributed by atoms with E-state index in [4.69, 9.17) is 18.9 Å². The maximum absolute atomic E-state index is 13.2. The Morgan fingerprint density at radius 1 is 0.944 bits per heavy atom. The second kappa shape index (κ2) is 9.79. The lowest BCUT2D eigenvalue weighted by Gasteiger charge is -2.25. The second-order valence-corrected chi connectivity index (χ2v) is 8.68. The predicted molar refractivity (Wildman–Crippen MR) is 129 cm³/mol. The Morgan fingerprint density at radius 2 is 1.61 bits per heavy atom. The summed E-state index contributed by atoms with van der Waals surface area (Å²) in [6.07, 6.45) is -1.08. The Kier molecular flexibility index (Phi) is 6.39. The van der Waals surface area contributed by atoms with Crippen LogP contribution in [0, 0.1) is 0 Å². The van der Waals surface area contributed by atoms with Gasteiger partial charge in [-0.3, -0.25) is 9.69 Å². The van der Waals surface area contributed by atoms with Crippen molar-refractivity contribution in [2.45, 2.75) is 18.6 Å². The van der Waals surface area contributed by atoms with Crippen molar-refractivity contribution in [1.82, 2.24) is 10.2 Å². The fourth-order valence-corrected chi connectivity index (χ4v) is 4.10. The number of β-amino-alcohol motifs (C(OH)–C–C–N with tert-alkyl or cyclic N) is 1. The van der Waals surface area contributed by atoms with E-state index in [1.807, 2.05) is 30.3 Å². The summed E-state index contributed by atoms with van der Waals surface area (Å²) in [5, 5.41) is 13.2. The first-order valence-electron chi connectivity index (χ1n) is 11.6. The minimum Gasteiger partial charge on any atom is -0.491 e. The molecular weight excluding hydrogens is 464 g/mol. The number of rotatable bonds is 8. The average Bonchev–Trinajstić information content (AvgIpc) is 3.12. The van der Waals surface area contributed by atoms with Gasteiger partial charge >= 0.3 is 6.03 Å². The van der Waals surface area contributed by atoms with Crippen LogP contribution in [0.2, 0.25) is 0 Å². The maximum atomic E-state index is 13.2. The zero-order valence-corrected chi connectivity index (χ0v) is 19.7. The fraction of sp³-hybridized carbons (Fsp3) is 0.259. The Balaban J connectivity index is 1.18. The number of carbonyl (C=O) groups excluding carboxylic acids is 2. The summed E-state index contributed by atoms with van der Waals surface area (Å²) < 4.78 is 22.5. The molecule has 0 aromatic heterocycles. The lowest BCUT2D eigenvalue weighted by molar-refractivity contribution is -0.132. The molecular formula is C27H26N2O7. The van der Waals surface area contributed by atoms with Crippen LogP contribution in [0.3, 0.4) is 0 Å². The maximum Gasteiger partial charge on any atom is 0.325 e. The Labute approximate surface area is 208 Å². The lowest BCUT2D eigenvalue weighted by Crippen LogP contribution is -2.42. The third-order valence-corrected chi connectivity index (χ3v) is 6.03. The van der Waals surface area contributed by atoms with Gasteiger partial charge in [0.2, 0.25) is 0 Å². The third kappa shape index (κ3) is 4.78.